The minimum absolute atomic E-state index is 0. The van der Waals surface area contributed by atoms with Gasteiger partial charge in [-0.2, -0.15) is 22.9 Å². The maximum Gasteiger partial charge on any atom is 2.00 e. The normalized spacial score (nSPS) is 11.2. The van der Waals surface area contributed by atoms with Gasteiger partial charge in [0, 0.05) is 38.1 Å². The van der Waals surface area contributed by atoms with Gasteiger partial charge < -0.3 is 24.0 Å². The Morgan fingerprint density at radius 3 is 1.49 bits per heavy atom. The third-order valence-electron chi connectivity index (χ3n) is 6.93. The molecule has 0 bridgehead atoms. The van der Waals surface area contributed by atoms with E-state index in [4.69, 9.17) is 12.2 Å². The van der Waals surface area contributed by atoms with Crippen LogP contribution in [0.4, 0.5) is 0 Å². The van der Waals surface area contributed by atoms with E-state index in [1.807, 2.05) is 60.7 Å². The second-order valence-corrected chi connectivity index (χ2v) is 9.79. The summed E-state index contributed by atoms with van der Waals surface area (Å²) in [5, 5.41) is 1.72. The largest absolute Gasteiger partial charge is 2.00 e. The zero-order valence-corrected chi connectivity index (χ0v) is 27.1. The molecular formula is C37H20N6O2Pd2. The molecule has 47 heavy (non-hydrogen) atoms. The maximum atomic E-state index is 8.31. The smallest absolute Gasteiger partial charge is 0.503 e. The fraction of sp³-hybridized carbons (Fsp3) is 0. The molecule has 230 valence electrons. The molecule has 0 amide bonds. The number of ether oxygens (including phenoxy) is 2. The number of rotatable bonds is 7. The Morgan fingerprint density at radius 1 is 0.532 bits per heavy atom. The molecule has 4 aromatic carbocycles. The zero-order valence-electron chi connectivity index (χ0n) is 26.0. The summed E-state index contributed by atoms with van der Waals surface area (Å²) in [6.45, 7) is 0. The minimum Gasteiger partial charge on any atom is -0.503 e. The quantitative estimate of drug-likeness (QED) is 0.120. The van der Waals surface area contributed by atoms with E-state index >= 15 is 0 Å². The molecule has 0 aliphatic carbocycles. The van der Waals surface area contributed by atoms with Gasteiger partial charge in [0.05, 0.1) is 0 Å². The summed E-state index contributed by atoms with van der Waals surface area (Å²) >= 11 is 0. The van der Waals surface area contributed by atoms with Gasteiger partial charge in [-0.1, -0.05) is 47.4 Å². The molecule has 0 N–H and O–H groups in total. The van der Waals surface area contributed by atoms with E-state index in [9.17, 15) is 0 Å². The molecule has 8 nitrogen and oxygen atoms in total. The molecule has 4 aromatic heterocycles. The van der Waals surface area contributed by atoms with Gasteiger partial charge in [0.2, 0.25) is 5.95 Å². The van der Waals surface area contributed by atoms with Gasteiger partial charge in [0.15, 0.2) is 0 Å². The van der Waals surface area contributed by atoms with E-state index in [-0.39, 0.29) is 52.9 Å². The van der Waals surface area contributed by atoms with E-state index in [0.29, 0.717) is 62.5 Å². The molecule has 0 aliphatic heterocycles. The Hall–Kier alpha value is -5.09. The Labute approximate surface area is 300 Å². The van der Waals surface area contributed by atoms with E-state index < -0.39 is 0 Å². The van der Waals surface area contributed by atoms with Crippen molar-refractivity contribution in [1.29, 1.82) is 0 Å². The molecule has 10 heteroatoms. The molecule has 8 rings (SSSR count). The first-order valence-electron chi connectivity index (χ1n) is 14.9. The van der Waals surface area contributed by atoms with Crippen LogP contribution in [0.2, 0.25) is 0 Å². The summed E-state index contributed by atoms with van der Waals surface area (Å²) in [5.41, 5.74) is 3.96. The SMILES string of the molecule is [2H]c1cc(Oc2[c-]c3c(cc2)c2ccc(Oc4[c-]c(-c5ccccn5)cc([2H])c4)[c-]c2n3-c2ncncn2)[c-]c(-c2ccccn2)c1.[Pd+2].[Pd+2]. The molecule has 0 unspecified atom stereocenters. The van der Waals surface area contributed by atoms with Crippen molar-refractivity contribution < 1.29 is 53.1 Å². The number of nitrogens with zero attached hydrogens (tertiary/aromatic N) is 6. The van der Waals surface area contributed by atoms with Crippen molar-refractivity contribution >= 4 is 21.8 Å². The molecule has 0 saturated heterocycles. The summed E-state index contributed by atoms with van der Waals surface area (Å²) in [6.07, 6.45) is 6.23. The standard InChI is InChI=1S/C37H20N6O2.2Pd/c1-3-17-39-33(11-1)25-7-5-9-27(19-25)44-29-13-15-31-32-16-14-30(22-36(32)43(35(31)21-29)37-41-23-38-24-42-37)45-28-10-6-8-26(20-28)34-12-2-4-18-40-34;;/h1-18,23-24H;;/q-4;2*+2/i5D,6D;;. The van der Waals surface area contributed by atoms with Crippen molar-refractivity contribution in [2.24, 2.45) is 0 Å². The second-order valence-electron chi connectivity index (χ2n) is 9.79. The Kier molecular flexibility index (Phi) is 8.82. The van der Waals surface area contributed by atoms with Crippen LogP contribution in [0.3, 0.4) is 0 Å². The van der Waals surface area contributed by atoms with Crippen molar-refractivity contribution in [2.75, 3.05) is 0 Å². The van der Waals surface area contributed by atoms with Gasteiger partial charge in [-0.3, -0.25) is 0 Å². The van der Waals surface area contributed by atoms with E-state index in [1.165, 1.54) is 12.7 Å². The van der Waals surface area contributed by atoms with Gasteiger partial charge in [-0.25, -0.2) is 15.0 Å². The van der Waals surface area contributed by atoms with Crippen LogP contribution in [0, 0.1) is 24.3 Å². The zero-order chi connectivity index (χ0) is 31.7. The van der Waals surface area contributed by atoms with E-state index in [2.05, 4.69) is 49.2 Å². The molecule has 0 atom stereocenters. The van der Waals surface area contributed by atoms with Gasteiger partial charge in [0.25, 0.3) is 0 Å². The average Bonchev–Trinajstić information content (AvgIpc) is 3.41. The first kappa shape index (κ1) is 29.3. The Balaban J connectivity index is 0.00000208. The number of fused-ring (bicyclic) bond motifs is 3. The molecule has 4 heterocycles. The molecule has 0 saturated carbocycles. The van der Waals surface area contributed by atoms with Gasteiger partial charge in [-0.05, 0) is 23.5 Å². The molecule has 0 spiro atoms. The van der Waals surface area contributed by atoms with Crippen LogP contribution in [0.5, 0.6) is 23.0 Å². The maximum absolute atomic E-state index is 8.31. The van der Waals surface area contributed by atoms with Crippen LogP contribution >= 0.6 is 0 Å². The third kappa shape index (κ3) is 6.60. The summed E-state index contributed by atoms with van der Waals surface area (Å²) in [5.74, 6) is 1.89. The van der Waals surface area contributed by atoms with Crippen molar-refractivity contribution in [2.45, 2.75) is 0 Å². The second kappa shape index (κ2) is 14.1. The van der Waals surface area contributed by atoms with Crippen molar-refractivity contribution in [1.82, 2.24) is 29.5 Å². The first-order chi connectivity index (χ1) is 23.1. The molecule has 0 aliphatic rings. The number of aromatic nitrogens is 6. The molecule has 0 fully saturated rings. The number of hydrogen-bond acceptors (Lipinski definition) is 7. The van der Waals surface area contributed by atoms with Crippen LogP contribution in [-0.2, 0) is 40.8 Å². The first-order valence-corrected chi connectivity index (χ1v) is 13.9. The predicted molar refractivity (Wildman–Crippen MR) is 169 cm³/mol. The Morgan fingerprint density at radius 2 is 1.02 bits per heavy atom. The third-order valence-corrected chi connectivity index (χ3v) is 6.93. The van der Waals surface area contributed by atoms with Crippen molar-refractivity contribution in [3.05, 3.63) is 146 Å². The monoisotopic (exact) mass is 794 g/mol. The molecule has 0 radical (unpaired) electrons. The van der Waals surface area contributed by atoms with Crippen LogP contribution in [0.15, 0.2) is 122 Å². The van der Waals surface area contributed by atoms with E-state index in [1.54, 1.807) is 41.2 Å². The topological polar surface area (TPSA) is 87.8 Å². The fourth-order valence-corrected chi connectivity index (χ4v) is 4.97. The van der Waals surface area contributed by atoms with Gasteiger partial charge >= 0.3 is 40.8 Å². The predicted octanol–water partition coefficient (Wildman–Crippen LogP) is 7.87. The van der Waals surface area contributed by atoms with Gasteiger partial charge in [-0.15, -0.1) is 71.7 Å². The van der Waals surface area contributed by atoms with Crippen LogP contribution in [0.25, 0.3) is 50.3 Å². The summed E-state index contributed by atoms with van der Waals surface area (Å²) < 4.78 is 30.8. The number of benzene rings is 4. The Bertz CT molecular complexity index is 2250. The van der Waals surface area contributed by atoms with Crippen LogP contribution in [0.1, 0.15) is 2.74 Å². The molecular weight excluding hydrogens is 773 g/mol. The summed E-state index contributed by atoms with van der Waals surface area (Å²) in [6, 6.07) is 38.8. The van der Waals surface area contributed by atoms with E-state index in [0.717, 1.165) is 10.8 Å². The average molecular weight is 795 g/mol. The van der Waals surface area contributed by atoms with Crippen LogP contribution in [-0.4, -0.2) is 29.5 Å². The van der Waals surface area contributed by atoms with Crippen molar-refractivity contribution in [3.8, 4) is 51.5 Å². The molecule has 8 aromatic rings. The summed E-state index contributed by atoms with van der Waals surface area (Å²) in [7, 11) is 0. The van der Waals surface area contributed by atoms with Crippen LogP contribution < -0.4 is 9.47 Å². The fourth-order valence-electron chi connectivity index (χ4n) is 4.97. The van der Waals surface area contributed by atoms with Gasteiger partial charge in [0.1, 0.15) is 12.7 Å². The summed E-state index contributed by atoms with van der Waals surface area (Å²) in [4.78, 5) is 21.5. The number of pyridine rings is 2. The minimum atomic E-state index is 0. The van der Waals surface area contributed by atoms with Crippen molar-refractivity contribution in [3.63, 3.8) is 0 Å². The number of hydrogen-bond donors (Lipinski definition) is 0.